The van der Waals surface area contributed by atoms with E-state index in [4.69, 9.17) is 15.9 Å². The molecule has 18 heavy (non-hydrogen) atoms. The molecule has 0 saturated heterocycles. The van der Waals surface area contributed by atoms with Crippen LogP contribution in [0.4, 0.5) is 5.82 Å². The summed E-state index contributed by atoms with van der Waals surface area (Å²) in [5.74, 6) is 0.801. The molecule has 1 aromatic rings. The highest BCUT2D eigenvalue weighted by atomic mass is 16.5. The van der Waals surface area contributed by atoms with Crippen molar-refractivity contribution in [3.05, 3.63) is 23.4 Å². The molecule has 1 aromatic heterocycles. The maximum Gasteiger partial charge on any atom is 0.140 e. The highest BCUT2D eigenvalue weighted by molar-refractivity contribution is 5.99. The van der Waals surface area contributed by atoms with Gasteiger partial charge in [0.1, 0.15) is 11.7 Å². The topological polar surface area (TPSA) is 75.2 Å². The van der Waals surface area contributed by atoms with Crippen LogP contribution in [-0.2, 0) is 4.74 Å². The van der Waals surface area contributed by atoms with Gasteiger partial charge in [0.15, 0.2) is 0 Å². The molecule has 0 aliphatic heterocycles. The Hall–Kier alpha value is -1.62. The van der Waals surface area contributed by atoms with Gasteiger partial charge in [-0.1, -0.05) is 0 Å². The standard InChI is InChI=1S/C13H22N4O/c1-5-17(10(3)8-18-4)13-11(12(14)15)7-6-9(2)16-13/h6-7,10H,5,8H2,1-4H3,(H3,14,15). The molecule has 0 spiro atoms. The molecule has 0 radical (unpaired) electrons. The zero-order valence-corrected chi connectivity index (χ0v) is 11.5. The molecular weight excluding hydrogens is 228 g/mol. The van der Waals surface area contributed by atoms with Gasteiger partial charge in [0.2, 0.25) is 0 Å². The summed E-state index contributed by atoms with van der Waals surface area (Å²) in [6.45, 7) is 7.46. The Morgan fingerprint density at radius 2 is 2.22 bits per heavy atom. The second kappa shape index (κ2) is 6.35. The van der Waals surface area contributed by atoms with Crippen LogP contribution in [0.1, 0.15) is 25.1 Å². The number of nitrogens with two attached hydrogens (primary N) is 1. The van der Waals surface area contributed by atoms with E-state index in [-0.39, 0.29) is 11.9 Å². The van der Waals surface area contributed by atoms with E-state index in [9.17, 15) is 0 Å². The van der Waals surface area contributed by atoms with E-state index in [2.05, 4.69) is 23.7 Å². The monoisotopic (exact) mass is 250 g/mol. The van der Waals surface area contributed by atoms with Gasteiger partial charge in [0, 0.05) is 19.3 Å². The number of aryl methyl sites for hydroxylation is 1. The van der Waals surface area contributed by atoms with Crippen molar-refractivity contribution in [2.45, 2.75) is 26.8 Å². The number of rotatable bonds is 6. The van der Waals surface area contributed by atoms with Crippen molar-refractivity contribution in [1.82, 2.24) is 4.98 Å². The molecule has 1 heterocycles. The number of nitrogen functional groups attached to an aromatic ring is 1. The first-order valence-corrected chi connectivity index (χ1v) is 6.08. The first kappa shape index (κ1) is 14.4. The van der Waals surface area contributed by atoms with E-state index < -0.39 is 0 Å². The smallest absolute Gasteiger partial charge is 0.140 e. The summed E-state index contributed by atoms with van der Waals surface area (Å²) in [5, 5.41) is 7.64. The Balaban J connectivity index is 3.18. The Kier molecular flexibility index (Phi) is 5.09. The minimum atomic E-state index is 0.0422. The normalized spacial score (nSPS) is 12.2. The number of ether oxygens (including phenoxy) is 1. The summed E-state index contributed by atoms with van der Waals surface area (Å²) < 4.78 is 5.18. The minimum absolute atomic E-state index is 0.0422. The molecule has 0 fully saturated rings. The largest absolute Gasteiger partial charge is 0.384 e. The van der Waals surface area contributed by atoms with Crippen molar-refractivity contribution in [2.75, 3.05) is 25.2 Å². The van der Waals surface area contributed by atoms with Gasteiger partial charge in [-0.05, 0) is 32.9 Å². The number of anilines is 1. The van der Waals surface area contributed by atoms with Gasteiger partial charge in [0.25, 0.3) is 0 Å². The summed E-state index contributed by atoms with van der Waals surface area (Å²) in [6.07, 6.45) is 0. The molecule has 1 rings (SSSR count). The maximum atomic E-state index is 7.64. The van der Waals surface area contributed by atoms with E-state index in [1.165, 1.54) is 0 Å². The molecule has 3 N–H and O–H groups in total. The lowest BCUT2D eigenvalue weighted by Gasteiger charge is -2.30. The van der Waals surface area contributed by atoms with E-state index in [0.717, 1.165) is 18.1 Å². The third-order valence-electron chi connectivity index (χ3n) is 2.86. The molecular formula is C13H22N4O. The van der Waals surface area contributed by atoms with Crippen LogP contribution < -0.4 is 10.6 Å². The number of nitrogens with zero attached hydrogens (tertiary/aromatic N) is 2. The first-order chi connectivity index (χ1) is 8.51. The Bertz CT molecular complexity index is 419. The number of pyridine rings is 1. The molecule has 1 unspecified atom stereocenters. The van der Waals surface area contributed by atoms with Crippen molar-refractivity contribution in [3.63, 3.8) is 0 Å². The molecule has 0 aliphatic rings. The first-order valence-electron chi connectivity index (χ1n) is 6.08. The number of hydrogen-bond acceptors (Lipinski definition) is 4. The second-order valence-corrected chi connectivity index (χ2v) is 4.33. The van der Waals surface area contributed by atoms with Gasteiger partial charge >= 0.3 is 0 Å². The Morgan fingerprint density at radius 3 is 2.72 bits per heavy atom. The van der Waals surface area contributed by atoms with Gasteiger partial charge < -0.3 is 15.4 Å². The summed E-state index contributed by atoms with van der Waals surface area (Å²) in [4.78, 5) is 6.62. The zero-order valence-electron chi connectivity index (χ0n) is 11.5. The fourth-order valence-electron chi connectivity index (χ4n) is 1.97. The molecule has 0 aromatic carbocycles. The predicted molar refractivity (Wildman–Crippen MR) is 74.3 cm³/mol. The van der Waals surface area contributed by atoms with Crippen LogP contribution in [-0.4, -0.2) is 37.1 Å². The molecule has 5 nitrogen and oxygen atoms in total. The van der Waals surface area contributed by atoms with Gasteiger partial charge in [-0.3, -0.25) is 5.41 Å². The minimum Gasteiger partial charge on any atom is -0.384 e. The lowest BCUT2D eigenvalue weighted by atomic mass is 10.1. The van der Waals surface area contributed by atoms with Crippen LogP contribution in [0.3, 0.4) is 0 Å². The number of hydrogen-bond donors (Lipinski definition) is 2. The number of aromatic nitrogens is 1. The fourth-order valence-corrected chi connectivity index (χ4v) is 1.97. The van der Waals surface area contributed by atoms with Crippen molar-refractivity contribution in [3.8, 4) is 0 Å². The van der Waals surface area contributed by atoms with Crippen molar-refractivity contribution >= 4 is 11.7 Å². The number of amidine groups is 1. The summed E-state index contributed by atoms with van der Waals surface area (Å²) >= 11 is 0. The fraction of sp³-hybridized carbons (Fsp3) is 0.538. The highest BCUT2D eigenvalue weighted by Crippen LogP contribution is 2.20. The predicted octanol–water partition coefficient (Wildman–Crippen LogP) is 1.54. The third-order valence-corrected chi connectivity index (χ3v) is 2.86. The zero-order chi connectivity index (χ0) is 13.7. The van der Waals surface area contributed by atoms with Crippen LogP contribution in [0.25, 0.3) is 0 Å². The Morgan fingerprint density at radius 1 is 1.56 bits per heavy atom. The molecule has 100 valence electrons. The lowest BCUT2D eigenvalue weighted by Crippen LogP contribution is -2.38. The van der Waals surface area contributed by atoms with Crippen LogP contribution >= 0.6 is 0 Å². The molecule has 1 atom stereocenters. The average molecular weight is 250 g/mol. The average Bonchev–Trinajstić information content (AvgIpc) is 2.30. The van der Waals surface area contributed by atoms with E-state index in [1.807, 2.05) is 19.1 Å². The van der Waals surface area contributed by atoms with Gasteiger partial charge in [-0.2, -0.15) is 0 Å². The van der Waals surface area contributed by atoms with Gasteiger partial charge in [-0.25, -0.2) is 4.98 Å². The SMILES string of the molecule is CCN(c1nc(C)ccc1C(=N)N)C(C)COC. The van der Waals surface area contributed by atoms with Crippen LogP contribution in [0.5, 0.6) is 0 Å². The third kappa shape index (κ3) is 3.20. The van der Waals surface area contributed by atoms with E-state index in [0.29, 0.717) is 12.2 Å². The maximum absolute atomic E-state index is 7.64. The van der Waals surface area contributed by atoms with Crippen LogP contribution in [0, 0.1) is 12.3 Å². The molecule has 0 bridgehead atoms. The van der Waals surface area contributed by atoms with E-state index in [1.54, 1.807) is 7.11 Å². The molecule has 5 heteroatoms. The number of likely N-dealkylation sites (N-methyl/N-ethyl adjacent to an activating group) is 1. The van der Waals surface area contributed by atoms with Crippen molar-refractivity contribution in [2.24, 2.45) is 5.73 Å². The summed E-state index contributed by atoms with van der Waals surface area (Å²) in [7, 11) is 1.68. The summed E-state index contributed by atoms with van der Waals surface area (Å²) in [5.41, 5.74) is 7.20. The molecule has 0 aliphatic carbocycles. The van der Waals surface area contributed by atoms with Crippen LogP contribution in [0.15, 0.2) is 12.1 Å². The molecule has 0 amide bonds. The lowest BCUT2D eigenvalue weighted by molar-refractivity contribution is 0.181. The summed E-state index contributed by atoms with van der Waals surface area (Å²) in [6, 6.07) is 3.91. The Labute approximate surface area is 108 Å². The van der Waals surface area contributed by atoms with E-state index >= 15 is 0 Å². The van der Waals surface area contributed by atoms with Crippen molar-refractivity contribution in [1.29, 1.82) is 5.41 Å². The van der Waals surface area contributed by atoms with Gasteiger partial charge in [0.05, 0.1) is 18.2 Å². The number of nitrogens with one attached hydrogen (secondary N) is 1. The second-order valence-electron chi connectivity index (χ2n) is 4.33. The number of methoxy groups -OCH3 is 1. The van der Waals surface area contributed by atoms with Gasteiger partial charge in [-0.15, -0.1) is 0 Å². The quantitative estimate of drug-likeness (QED) is 0.593. The molecule has 0 saturated carbocycles. The van der Waals surface area contributed by atoms with Crippen LogP contribution in [0.2, 0.25) is 0 Å². The van der Waals surface area contributed by atoms with Crippen molar-refractivity contribution < 1.29 is 4.74 Å². The highest BCUT2D eigenvalue weighted by Gasteiger charge is 2.18.